The maximum absolute atomic E-state index is 12.0. The molecule has 0 radical (unpaired) electrons. The zero-order valence-corrected chi connectivity index (χ0v) is 15.2. The zero-order valence-electron chi connectivity index (χ0n) is 14.5. The summed E-state index contributed by atoms with van der Waals surface area (Å²) in [5.41, 5.74) is 1.78. The van der Waals surface area contributed by atoms with Gasteiger partial charge in [0.05, 0.1) is 6.54 Å². The lowest BCUT2D eigenvalue weighted by molar-refractivity contribution is -0.122. The van der Waals surface area contributed by atoms with Crippen LogP contribution in [0.3, 0.4) is 0 Å². The third-order valence-electron chi connectivity index (χ3n) is 3.77. The Balaban J connectivity index is 2.31. The fraction of sp³-hybridized carbons (Fsp3) is 0.444. The van der Waals surface area contributed by atoms with Gasteiger partial charge in [-0.15, -0.1) is 0 Å². The molecule has 5 nitrogen and oxygen atoms in total. The first-order valence-electron chi connectivity index (χ1n) is 8.04. The summed E-state index contributed by atoms with van der Waals surface area (Å²) in [5, 5.41) is 4.30. The van der Waals surface area contributed by atoms with E-state index in [1.165, 1.54) is 6.07 Å². The van der Waals surface area contributed by atoms with Crippen molar-refractivity contribution < 1.29 is 9.21 Å². The van der Waals surface area contributed by atoms with Crippen LogP contribution < -0.4 is 10.9 Å². The molecule has 0 aliphatic carbocycles. The number of rotatable bonds is 6. The first-order chi connectivity index (χ1) is 11.3. The van der Waals surface area contributed by atoms with Crippen LogP contribution in [0.1, 0.15) is 31.9 Å². The van der Waals surface area contributed by atoms with Gasteiger partial charge in [0.1, 0.15) is 5.58 Å². The highest BCUT2D eigenvalue weighted by Crippen LogP contribution is 2.25. The number of benzene rings is 1. The molecule has 6 heteroatoms. The number of amides is 1. The highest BCUT2D eigenvalue weighted by atomic mass is 35.5. The SMILES string of the molecule is CCN(CC(=O)NC(C)C)Cc1cc(=O)oc2cc(C)c(Cl)cc12. The highest BCUT2D eigenvalue weighted by Gasteiger charge is 2.14. The molecule has 0 aliphatic rings. The molecular formula is C18H23ClN2O3. The lowest BCUT2D eigenvalue weighted by atomic mass is 10.1. The summed E-state index contributed by atoms with van der Waals surface area (Å²) in [6, 6.07) is 5.15. The first kappa shape index (κ1) is 18.5. The Hall–Kier alpha value is -1.85. The molecule has 2 rings (SSSR count). The van der Waals surface area contributed by atoms with Crippen LogP contribution in [0, 0.1) is 6.92 Å². The predicted molar refractivity (Wildman–Crippen MR) is 96.5 cm³/mol. The van der Waals surface area contributed by atoms with E-state index in [1.54, 1.807) is 6.07 Å². The smallest absolute Gasteiger partial charge is 0.336 e. The number of likely N-dealkylation sites (N-methyl/N-ethyl adjacent to an activating group) is 1. The summed E-state index contributed by atoms with van der Waals surface area (Å²) in [5.74, 6) is -0.0343. The molecule has 1 heterocycles. The third-order valence-corrected chi connectivity index (χ3v) is 4.17. The van der Waals surface area contributed by atoms with E-state index in [9.17, 15) is 9.59 Å². The van der Waals surface area contributed by atoms with Gasteiger partial charge in [-0.3, -0.25) is 9.69 Å². The van der Waals surface area contributed by atoms with Crippen LogP contribution >= 0.6 is 11.6 Å². The molecule has 130 valence electrons. The Morgan fingerprint density at radius 3 is 2.67 bits per heavy atom. The van der Waals surface area contributed by atoms with Crippen LogP contribution in [0.15, 0.2) is 27.4 Å². The predicted octanol–water partition coefficient (Wildman–Crippen LogP) is 3.10. The average molecular weight is 351 g/mol. The monoisotopic (exact) mass is 350 g/mol. The fourth-order valence-corrected chi connectivity index (χ4v) is 2.73. The summed E-state index contributed by atoms with van der Waals surface area (Å²) in [6.45, 7) is 9.13. The van der Waals surface area contributed by atoms with Gasteiger partial charge in [0.25, 0.3) is 0 Å². The Morgan fingerprint density at radius 1 is 1.33 bits per heavy atom. The van der Waals surface area contributed by atoms with E-state index >= 15 is 0 Å². The van der Waals surface area contributed by atoms with E-state index < -0.39 is 5.63 Å². The lowest BCUT2D eigenvalue weighted by Gasteiger charge is -2.21. The molecule has 0 unspecified atom stereocenters. The van der Waals surface area contributed by atoms with Gasteiger partial charge in [-0.05, 0) is 50.6 Å². The van der Waals surface area contributed by atoms with Crippen molar-refractivity contribution in [1.82, 2.24) is 10.2 Å². The summed E-state index contributed by atoms with van der Waals surface area (Å²) in [7, 11) is 0. The molecule has 1 aromatic carbocycles. The van der Waals surface area contributed by atoms with Gasteiger partial charge >= 0.3 is 5.63 Å². The number of carbonyl (C=O) groups excluding carboxylic acids is 1. The molecule has 1 aromatic heterocycles. The molecule has 0 bridgehead atoms. The second-order valence-corrected chi connectivity index (χ2v) is 6.62. The van der Waals surface area contributed by atoms with E-state index in [4.69, 9.17) is 16.0 Å². The van der Waals surface area contributed by atoms with E-state index in [2.05, 4.69) is 5.32 Å². The minimum absolute atomic E-state index is 0.0343. The molecule has 24 heavy (non-hydrogen) atoms. The molecule has 1 N–H and O–H groups in total. The largest absolute Gasteiger partial charge is 0.423 e. The van der Waals surface area contributed by atoms with Crippen molar-refractivity contribution >= 4 is 28.5 Å². The molecule has 0 saturated heterocycles. The highest BCUT2D eigenvalue weighted by molar-refractivity contribution is 6.32. The van der Waals surface area contributed by atoms with Crippen LogP contribution in [0.5, 0.6) is 0 Å². The van der Waals surface area contributed by atoms with E-state index in [1.807, 2.05) is 38.7 Å². The number of fused-ring (bicyclic) bond motifs is 1. The molecule has 0 spiro atoms. The summed E-state index contributed by atoms with van der Waals surface area (Å²) in [6.07, 6.45) is 0. The van der Waals surface area contributed by atoms with Gasteiger partial charge in [0, 0.05) is 29.1 Å². The van der Waals surface area contributed by atoms with E-state index in [0.717, 1.165) is 16.5 Å². The van der Waals surface area contributed by atoms with Crippen LogP contribution in [0.2, 0.25) is 5.02 Å². The molecule has 0 fully saturated rings. The van der Waals surface area contributed by atoms with Gasteiger partial charge in [-0.25, -0.2) is 4.79 Å². The molecular weight excluding hydrogens is 328 g/mol. The first-order valence-corrected chi connectivity index (χ1v) is 8.42. The number of hydrogen-bond donors (Lipinski definition) is 1. The van der Waals surface area contributed by atoms with E-state index in [-0.39, 0.29) is 18.5 Å². The van der Waals surface area contributed by atoms with Gasteiger partial charge in [-0.2, -0.15) is 0 Å². The zero-order chi connectivity index (χ0) is 17.9. The van der Waals surface area contributed by atoms with Crippen molar-refractivity contribution in [3.05, 3.63) is 44.8 Å². The summed E-state index contributed by atoms with van der Waals surface area (Å²) < 4.78 is 5.28. The molecule has 0 aliphatic heterocycles. The number of aryl methyl sites for hydroxylation is 1. The minimum atomic E-state index is -0.401. The van der Waals surface area contributed by atoms with Crippen molar-refractivity contribution in [1.29, 1.82) is 0 Å². The quantitative estimate of drug-likeness (QED) is 0.813. The Kier molecular flexibility index (Phi) is 6.02. The van der Waals surface area contributed by atoms with Crippen molar-refractivity contribution in [2.75, 3.05) is 13.1 Å². The number of nitrogens with zero attached hydrogens (tertiary/aromatic N) is 1. The second kappa shape index (κ2) is 7.81. The van der Waals surface area contributed by atoms with Crippen molar-refractivity contribution in [2.45, 2.75) is 40.3 Å². The minimum Gasteiger partial charge on any atom is -0.423 e. The molecule has 2 aromatic rings. The maximum atomic E-state index is 12.0. The van der Waals surface area contributed by atoms with Gasteiger partial charge in [0.15, 0.2) is 0 Å². The fourth-order valence-electron chi connectivity index (χ4n) is 2.57. The second-order valence-electron chi connectivity index (χ2n) is 6.21. The van der Waals surface area contributed by atoms with Crippen LogP contribution in [0.4, 0.5) is 0 Å². The van der Waals surface area contributed by atoms with Gasteiger partial charge in [0.2, 0.25) is 5.91 Å². The van der Waals surface area contributed by atoms with E-state index in [0.29, 0.717) is 23.7 Å². The van der Waals surface area contributed by atoms with Crippen LogP contribution in [-0.4, -0.2) is 29.9 Å². The summed E-state index contributed by atoms with van der Waals surface area (Å²) >= 11 is 6.21. The van der Waals surface area contributed by atoms with Crippen molar-refractivity contribution in [3.63, 3.8) is 0 Å². The number of halogens is 1. The van der Waals surface area contributed by atoms with Crippen LogP contribution in [-0.2, 0) is 11.3 Å². The van der Waals surface area contributed by atoms with Crippen molar-refractivity contribution in [3.8, 4) is 0 Å². The van der Waals surface area contributed by atoms with Crippen molar-refractivity contribution in [2.24, 2.45) is 0 Å². The average Bonchev–Trinajstić information content (AvgIpc) is 2.47. The number of carbonyl (C=O) groups is 1. The normalized spacial score (nSPS) is 11.5. The topological polar surface area (TPSA) is 62.6 Å². The molecule has 0 saturated carbocycles. The number of nitrogens with one attached hydrogen (secondary N) is 1. The Morgan fingerprint density at radius 2 is 2.04 bits per heavy atom. The summed E-state index contributed by atoms with van der Waals surface area (Å²) in [4.78, 5) is 25.8. The lowest BCUT2D eigenvalue weighted by Crippen LogP contribution is -2.39. The maximum Gasteiger partial charge on any atom is 0.336 e. The molecule has 1 amide bonds. The van der Waals surface area contributed by atoms with Crippen LogP contribution in [0.25, 0.3) is 11.0 Å². The van der Waals surface area contributed by atoms with Gasteiger partial charge < -0.3 is 9.73 Å². The Labute approximate surface area is 146 Å². The standard InChI is InChI=1S/C18H23ClN2O3/c1-5-21(10-17(22)20-11(2)3)9-13-7-18(23)24-16-6-12(4)15(19)8-14(13)16/h6-8,11H,5,9-10H2,1-4H3,(H,20,22). The van der Waals surface area contributed by atoms with Gasteiger partial charge in [-0.1, -0.05) is 18.5 Å². The number of hydrogen-bond acceptors (Lipinski definition) is 4. The molecule has 0 atom stereocenters. The Bertz CT molecular complexity index is 799. The third kappa shape index (κ3) is 4.58.